The predicted molar refractivity (Wildman–Crippen MR) is 65.4 cm³/mol. The van der Waals surface area contributed by atoms with E-state index in [1.807, 2.05) is 0 Å². The summed E-state index contributed by atoms with van der Waals surface area (Å²) in [5.41, 5.74) is 0.396. The minimum Gasteiger partial charge on any atom is -0.508 e. The number of aromatic hydroxyl groups is 1. The fourth-order valence-corrected chi connectivity index (χ4v) is 1.49. The summed E-state index contributed by atoms with van der Waals surface area (Å²) in [4.78, 5) is 11.0. The average Bonchev–Trinajstić information content (AvgIpc) is 2.31. The summed E-state index contributed by atoms with van der Waals surface area (Å²) in [7, 11) is 0. The number of hydrogen-bond donors (Lipinski definition) is 3. The van der Waals surface area contributed by atoms with Gasteiger partial charge in [0.05, 0.1) is 0 Å². The summed E-state index contributed by atoms with van der Waals surface area (Å²) >= 11 is 5.58. The van der Waals surface area contributed by atoms with Crippen LogP contribution in [-0.4, -0.2) is 26.4 Å². The van der Waals surface area contributed by atoms with Gasteiger partial charge in [0.15, 0.2) is 11.0 Å². The minimum atomic E-state index is -1.17. The van der Waals surface area contributed by atoms with Crippen LogP contribution in [0.2, 0.25) is 5.15 Å². The highest BCUT2D eigenvalue weighted by atomic mass is 35.5. The second kappa shape index (κ2) is 4.89. The Morgan fingerprint density at radius 1 is 1.28 bits per heavy atom. The number of carboxylic acid groups (broad SMARTS) is 1. The summed E-state index contributed by atoms with van der Waals surface area (Å²) in [5, 5.41) is 28.3. The highest BCUT2D eigenvalue weighted by molar-refractivity contribution is 6.29. The van der Waals surface area contributed by atoms with E-state index in [2.05, 4.69) is 15.5 Å². The number of nitrogens with one attached hydrogen (secondary N) is 1. The number of carbonyl (C=O) groups is 1. The van der Waals surface area contributed by atoms with Gasteiger partial charge in [-0.2, -0.15) is 0 Å². The molecule has 6 nitrogen and oxygen atoms in total. The quantitative estimate of drug-likeness (QED) is 0.788. The number of phenols is 1. The van der Waals surface area contributed by atoms with Crippen LogP contribution in [0, 0.1) is 0 Å². The van der Waals surface area contributed by atoms with Gasteiger partial charge in [0.1, 0.15) is 11.3 Å². The predicted octanol–water partition coefficient (Wildman–Crippen LogP) is 2.28. The Balaban J connectivity index is 2.37. The first kappa shape index (κ1) is 12.1. The zero-order chi connectivity index (χ0) is 13.1. The molecule has 0 aliphatic heterocycles. The standard InChI is InChI=1S/C11H8ClN3O3/c12-9-5-8(11(17)18)10(15-14-9)13-6-2-1-3-7(16)4-6/h1-5,16H,(H,13,15)(H,17,18). The first-order valence-electron chi connectivity index (χ1n) is 4.89. The number of carboxylic acids is 1. The molecule has 7 heteroatoms. The Kier molecular flexibility index (Phi) is 3.29. The Bertz CT molecular complexity index is 604. The zero-order valence-electron chi connectivity index (χ0n) is 8.96. The number of halogens is 1. The molecule has 92 valence electrons. The third-order valence-electron chi connectivity index (χ3n) is 2.10. The van der Waals surface area contributed by atoms with Crippen LogP contribution in [-0.2, 0) is 0 Å². The van der Waals surface area contributed by atoms with Crippen molar-refractivity contribution >= 4 is 29.1 Å². The van der Waals surface area contributed by atoms with Gasteiger partial charge in [-0.3, -0.25) is 0 Å². The van der Waals surface area contributed by atoms with Crippen LogP contribution in [0.25, 0.3) is 0 Å². The van der Waals surface area contributed by atoms with E-state index in [9.17, 15) is 9.90 Å². The maximum atomic E-state index is 11.0. The number of nitrogens with zero attached hydrogens (tertiary/aromatic N) is 2. The lowest BCUT2D eigenvalue weighted by Crippen LogP contribution is -2.06. The molecule has 0 unspecified atom stereocenters. The van der Waals surface area contributed by atoms with Gasteiger partial charge >= 0.3 is 5.97 Å². The summed E-state index contributed by atoms with van der Waals surface area (Å²) in [6.45, 7) is 0. The van der Waals surface area contributed by atoms with Crippen molar-refractivity contribution in [2.24, 2.45) is 0 Å². The minimum absolute atomic E-state index is 0.00569. The number of hydrogen-bond acceptors (Lipinski definition) is 5. The van der Waals surface area contributed by atoms with Crippen molar-refractivity contribution in [3.05, 3.63) is 41.0 Å². The van der Waals surface area contributed by atoms with Crippen molar-refractivity contribution < 1.29 is 15.0 Å². The Morgan fingerprint density at radius 2 is 2.06 bits per heavy atom. The van der Waals surface area contributed by atoms with E-state index in [0.717, 1.165) is 0 Å². The van der Waals surface area contributed by atoms with Crippen LogP contribution in [0.3, 0.4) is 0 Å². The van der Waals surface area contributed by atoms with Gasteiger partial charge in [0.2, 0.25) is 0 Å². The molecular formula is C11H8ClN3O3. The van der Waals surface area contributed by atoms with Crippen molar-refractivity contribution in [3.63, 3.8) is 0 Å². The number of rotatable bonds is 3. The molecule has 3 N–H and O–H groups in total. The number of aromatic nitrogens is 2. The van der Waals surface area contributed by atoms with Crippen molar-refractivity contribution in [2.45, 2.75) is 0 Å². The van der Waals surface area contributed by atoms with Crippen molar-refractivity contribution in [1.82, 2.24) is 10.2 Å². The number of phenolic OH excluding ortho intramolecular Hbond substituents is 1. The van der Waals surface area contributed by atoms with E-state index in [1.54, 1.807) is 12.1 Å². The van der Waals surface area contributed by atoms with Gasteiger partial charge in [-0.1, -0.05) is 17.7 Å². The Morgan fingerprint density at radius 3 is 2.72 bits per heavy atom. The van der Waals surface area contributed by atoms with Gasteiger partial charge in [-0.25, -0.2) is 4.79 Å². The second-order valence-electron chi connectivity index (χ2n) is 3.41. The molecule has 0 saturated carbocycles. The lowest BCUT2D eigenvalue weighted by atomic mass is 10.2. The maximum Gasteiger partial charge on any atom is 0.339 e. The summed E-state index contributed by atoms with van der Waals surface area (Å²) < 4.78 is 0. The molecular weight excluding hydrogens is 258 g/mol. The van der Waals surface area contributed by atoms with E-state index in [0.29, 0.717) is 5.69 Å². The molecule has 18 heavy (non-hydrogen) atoms. The molecule has 0 aliphatic carbocycles. The largest absolute Gasteiger partial charge is 0.508 e. The topological polar surface area (TPSA) is 95.3 Å². The van der Waals surface area contributed by atoms with Crippen LogP contribution in [0.15, 0.2) is 30.3 Å². The normalized spacial score (nSPS) is 10.1. The van der Waals surface area contributed by atoms with Gasteiger partial charge in [-0.05, 0) is 18.2 Å². The highest BCUT2D eigenvalue weighted by Gasteiger charge is 2.13. The van der Waals surface area contributed by atoms with Crippen LogP contribution >= 0.6 is 11.6 Å². The molecule has 0 spiro atoms. The van der Waals surface area contributed by atoms with Gasteiger partial charge < -0.3 is 15.5 Å². The zero-order valence-corrected chi connectivity index (χ0v) is 9.72. The Labute approximate surface area is 107 Å². The number of aromatic carboxylic acids is 1. The van der Waals surface area contributed by atoms with Crippen LogP contribution in [0.4, 0.5) is 11.5 Å². The monoisotopic (exact) mass is 265 g/mol. The molecule has 0 bridgehead atoms. The van der Waals surface area contributed by atoms with Gasteiger partial charge in [0.25, 0.3) is 0 Å². The molecule has 0 aliphatic rings. The molecule has 2 rings (SSSR count). The second-order valence-corrected chi connectivity index (χ2v) is 3.80. The fourth-order valence-electron chi connectivity index (χ4n) is 1.34. The first-order chi connectivity index (χ1) is 8.56. The summed E-state index contributed by atoms with van der Waals surface area (Å²) in [6.07, 6.45) is 0. The van der Waals surface area contributed by atoms with E-state index in [-0.39, 0.29) is 22.3 Å². The maximum absolute atomic E-state index is 11.0. The molecule has 1 aromatic heterocycles. The van der Waals surface area contributed by atoms with E-state index in [1.165, 1.54) is 18.2 Å². The third-order valence-corrected chi connectivity index (χ3v) is 2.29. The van der Waals surface area contributed by atoms with Crippen molar-refractivity contribution in [1.29, 1.82) is 0 Å². The lowest BCUT2D eigenvalue weighted by Gasteiger charge is -2.07. The molecule has 0 amide bonds. The summed E-state index contributed by atoms with van der Waals surface area (Å²) in [6, 6.07) is 7.39. The van der Waals surface area contributed by atoms with E-state index >= 15 is 0 Å². The summed E-state index contributed by atoms with van der Waals surface area (Å²) in [5.74, 6) is -1.06. The Hall–Kier alpha value is -2.34. The van der Waals surface area contributed by atoms with Crippen LogP contribution < -0.4 is 5.32 Å². The molecule has 1 heterocycles. The number of anilines is 2. The van der Waals surface area contributed by atoms with Crippen molar-refractivity contribution in [2.75, 3.05) is 5.32 Å². The molecule has 2 aromatic rings. The molecule has 0 saturated heterocycles. The molecule has 0 radical (unpaired) electrons. The van der Waals surface area contributed by atoms with E-state index in [4.69, 9.17) is 16.7 Å². The van der Waals surface area contributed by atoms with Crippen LogP contribution in [0.5, 0.6) is 5.75 Å². The van der Waals surface area contributed by atoms with E-state index < -0.39 is 5.97 Å². The lowest BCUT2D eigenvalue weighted by molar-refractivity contribution is 0.0697. The van der Waals surface area contributed by atoms with Crippen LogP contribution in [0.1, 0.15) is 10.4 Å². The van der Waals surface area contributed by atoms with Gasteiger partial charge in [0, 0.05) is 11.8 Å². The SMILES string of the molecule is O=C(O)c1cc(Cl)nnc1Nc1cccc(O)c1. The molecule has 0 atom stereocenters. The highest BCUT2D eigenvalue weighted by Crippen LogP contribution is 2.22. The number of benzene rings is 1. The third kappa shape index (κ3) is 2.67. The average molecular weight is 266 g/mol. The fraction of sp³-hybridized carbons (Fsp3) is 0. The molecule has 0 fully saturated rings. The molecule has 1 aromatic carbocycles. The smallest absolute Gasteiger partial charge is 0.339 e. The van der Waals surface area contributed by atoms with Crippen molar-refractivity contribution in [3.8, 4) is 5.75 Å². The van der Waals surface area contributed by atoms with Gasteiger partial charge in [-0.15, -0.1) is 10.2 Å². The first-order valence-corrected chi connectivity index (χ1v) is 5.26.